The number of hydrogen-bond acceptors (Lipinski definition) is 2. The quantitative estimate of drug-likeness (QED) is 0.780. The summed E-state index contributed by atoms with van der Waals surface area (Å²) < 4.78 is 12.7. The predicted octanol–water partition coefficient (Wildman–Crippen LogP) is 2.00. The molecule has 1 aromatic carbocycles. The van der Waals surface area contributed by atoms with Gasteiger partial charge in [0.1, 0.15) is 5.82 Å². The number of nitrogens with one attached hydrogen (secondary N) is 1. The van der Waals surface area contributed by atoms with E-state index in [9.17, 15) is 4.39 Å². The van der Waals surface area contributed by atoms with Crippen molar-refractivity contribution >= 4 is 0 Å². The number of hydrogen-bond donors (Lipinski definition) is 2. The molecule has 1 aliphatic heterocycles. The first-order chi connectivity index (χ1) is 7.29. The van der Waals surface area contributed by atoms with Crippen molar-refractivity contribution in [2.75, 3.05) is 6.61 Å². The van der Waals surface area contributed by atoms with Crippen LogP contribution in [0.15, 0.2) is 24.3 Å². The van der Waals surface area contributed by atoms with Crippen LogP contribution < -0.4 is 5.32 Å². The van der Waals surface area contributed by atoms with Crippen LogP contribution in [-0.2, 0) is 0 Å². The Labute approximate surface area is 89.1 Å². The highest BCUT2D eigenvalue weighted by Crippen LogP contribution is 2.25. The third kappa shape index (κ3) is 2.55. The minimum atomic E-state index is -0.201. The Hall–Kier alpha value is -0.930. The van der Waals surface area contributed by atoms with Gasteiger partial charge in [0.2, 0.25) is 0 Å². The van der Waals surface area contributed by atoms with Gasteiger partial charge in [-0.25, -0.2) is 4.39 Å². The number of aliphatic hydroxyl groups excluding tert-OH is 1. The van der Waals surface area contributed by atoms with Crippen LogP contribution in [0.3, 0.4) is 0 Å². The van der Waals surface area contributed by atoms with Crippen LogP contribution in [0.5, 0.6) is 0 Å². The van der Waals surface area contributed by atoms with Crippen molar-refractivity contribution in [3.8, 4) is 0 Å². The molecule has 0 aliphatic carbocycles. The molecular formula is C12H16FNO. The summed E-state index contributed by atoms with van der Waals surface area (Å²) in [6, 6.07) is 7.05. The molecule has 0 amide bonds. The van der Waals surface area contributed by atoms with Crippen molar-refractivity contribution in [3.05, 3.63) is 35.6 Å². The maximum Gasteiger partial charge on any atom is 0.123 e. The smallest absolute Gasteiger partial charge is 0.123 e. The number of benzene rings is 1. The third-order valence-electron chi connectivity index (χ3n) is 2.98. The summed E-state index contributed by atoms with van der Waals surface area (Å²) >= 11 is 0. The molecule has 1 aromatic rings. The number of piperidine rings is 1. The molecule has 2 unspecified atom stereocenters. The third-order valence-corrected chi connectivity index (χ3v) is 2.98. The molecule has 0 radical (unpaired) electrons. The molecule has 2 atom stereocenters. The fourth-order valence-corrected chi connectivity index (χ4v) is 2.12. The van der Waals surface area contributed by atoms with Crippen molar-refractivity contribution in [1.29, 1.82) is 0 Å². The van der Waals surface area contributed by atoms with Crippen LogP contribution in [0.2, 0.25) is 0 Å². The SMILES string of the molecule is OCC1CCCC(c2ccc(F)cc2)N1. The van der Waals surface area contributed by atoms with Gasteiger partial charge in [-0.2, -0.15) is 0 Å². The van der Waals surface area contributed by atoms with Crippen LogP contribution >= 0.6 is 0 Å². The Balaban J connectivity index is 2.06. The first-order valence-corrected chi connectivity index (χ1v) is 5.42. The lowest BCUT2D eigenvalue weighted by molar-refractivity contribution is 0.198. The minimum Gasteiger partial charge on any atom is -0.395 e. The van der Waals surface area contributed by atoms with Gasteiger partial charge in [-0.15, -0.1) is 0 Å². The second-order valence-corrected chi connectivity index (χ2v) is 4.08. The van der Waals surface area contributed by atoms with Gasteiger partial charge in [-0.05, 0) is 37.0 Å². The Morgan fingerprint density at radius 3 is 2.67 bits per heavy atom. The zero-order chi connectivity index (χ0) is 10.7. The molecule has 1 saturated heterocycles. The Kier molecular flexibility index (Phi) is 3.34. The zero-order valence-electron chi connectivity index (χ0n) is 8.62. The molecule has 2 rings (SSSR count). The summed E-state index contributed by atoms with van der Waals surface area (Å²) in [4.78, 5) is 0. The van der Waals surface area contributed by atoms with Crippen LogP contribution in [0.1, 0.15) is 30.9 Å². The molecule has 1 aliphatic rings. The van der Waals surface area contributed by atoms with Gasteiger partial charge in [0.05, 0.1) is 6.61 Å². The standard InChI is InChI=1S/C12H16FNO/c13-10-6-4-9(5-7-10)12-3-1-2-11(8-15)14-12/h4-7,11-12,14-15H,1-3,8H2. The highest BCUT2D eigenvalue weighted by molar-refractivity contribution is 5.20. The summed E-state index contributed by atoms with van der Waals surface area (Å²) in [6.45, 7) is 0.178. The zero-order valence-corrected chi connectivity index (χ0v) is 8.62. The van der Waals surface area contributed by atoms with Gasteiger partial charge in [0.25, 0.3) is 0 Å². The largest absolute Gasteiger partial charge is 0.395 e. The number of rotatable bonds is 2. The van der Waals surface area contributed by atoms with E-state index in [0.717, 1.165) is 24.8 Å². The Morgan fingerprint density at radius 1 is 1.27 bits per heavy atom. The van der Waals surface area contributed by atoms with Crippen molar-refractivity contribution in [3.63, 3.8) is 0 Å². The highest BCUT2D eigenvalue weighted by Gasteiger charge is 2.21. The molecule has 82 valence electrons. The minimum absolute atomic E-state index is 0.178. The van der Waals surface area contributed by atoms with Crippen LogP contribution in [0.4, 0.5) is 4.39 Å². The van der Waals surface area contributed by atoms with Gasteiger partial charge in [-0.1, -0.05) is 12.1 Å². The summed E-state index contributed by atoms with van der Waals surface area (Å²) in [7, 11) is 0. The second-order valence-electron chi connectivity index (χ2n) is 4.08. The lowest BCUT2D eigenvalue weighted by atomic mass is 9.94. The van der Waals surface area contributed by atoms with E-state index in [-0.39, 0.29) is 24.5 Å². The van der Waals surface area contributed by atoms with E-state index >= 15 is 0 Å². The summed E-state index contributed by atoms with van der Waals surface area (Å²) in [6.07, 6.45) is 3.19. The number of halogens is 1. The summed E-state index contributed by atoms with van der Waals surface area (Å²) in [5.74, 6) is -0.201. The lowest BCUT2D eigenvalue weighted by Gasteiger charge is -2.30. The van der Waals surface area contributed by atoms with E-state index in [1.54, 1.807) is 0 Å². The van der Waals surface area contributed by atoms with Crippen molar-refractivity contribution in [1.82, 2.24) is 5.32 Å². The van der Waals surface area contributed by atoms with Crippen molar-refractivity contribution in [2.45, 2.75) is 31.3 Å². The Morgan fingerprint density at radius 2 is 2.00 bits per heavy atom. The molecule has 1 heterocycles. The molecule has 15 heavy (non-hydrogen) atoms. The van der Waals surface area contributed by atoms with Gasteiger partial charge in [-0.3, -0.25) is 0 Å². The first-order valence-electron chi connectivity index (χ1n) is 5.42. The molecule has 0 saturated carbocycles. The molecule has 0 bridgehead atoms. The predicted molar refractivity (Wildman–Crippen MR) is 57.0 cm³/mol. The van der Waals surface area contributed by atoms with Crippen molar-refractivity contribution in [2.24, 2.45) is 0 Å². The molecule has 3 heteroatoms. The molecule has 2 N–H and O–H groups in total. The van der Waals surface area contributed by atoms with Gasteiger partial charge in [0.15, 0.2) is 0 Å². The molecule has 2 nitrogen and oxygen atoms in total. The maximum absolute atomic E-state index is 12.7. The van der Waals surface area contributed by atoms with E-state index in [2.05, 4.69) is 5.32 Å². The molecular weight excluding hydrogens is 193 g/mol. The second kappa shape index (κ2) is 4.73. The summed E-state index contributed by atoms with van der Waals surface area (Å²) in [5, 5.41) is 12.4. The monoisotopic (exact) mass is 209 g/mol. The van der Waals surface area contributed by atoms with E-state index in [0.29, 0.717) is 0 Å². The van der Waals surface area contributed by atoms with Crippen LogP contribution in [-0.4, -0.2) is 17.8 Å². The average molecular weight is 209 g/mol. The lowest BCUT2D eigenvalue weighted by Crippen LogP contribution is -2.39. The fourth-order valence-electron chi connectivity index (χ4n) is 2.12. The van der Waals surface area contributed by atoms with E-state index in [1.165, 1.54) is 12.1 Å². The van der Waals surface area contributed by atoms with E-state index < -0.39 is 0 Å². The Bertz CT molecular complexity index is 312. The van der Waals surface area contributed by atoms with Gasteiger partial charge in [0, 0.05) is 12.1 Å². The number of aliphatic hydroxyl groups is 1. The first kappa shape index (κ1) is 10.6. The molecule has 0 aromatic heterocycles. The van der Waals surface area contributed by atoms with Gasteiger partial charge >= 0.3 is 0 Å². The fraction of sp³-hybridized carbons (Fsp3) is 0.500. The normalized spacial score (nSPS) is 26.5. The highest BCUT2D eigenvalue weighted by atomic mass is 19.1. The van der Waals surface area contributed by atoms with E-state index in [4.69, 9.17) is 5.11 Å². The van der Waals surface area contributed by atoms with Crippen molar-refractivity contribution < 1.29 is 9.50 Å². The molecule has 0 spiro atoms. The van der Waals surface area contributed by atoms with E-state index in [1.807, 2.05) is 12.1 Å². The average Bonchev–Trinajstić information content (AvgIpc) is 2.30. The van der Waals surface area contributed by atoms with Crippen LogP contribution in [0, 0.1) is 5.82 Å². The van der Waals surface area contributed by atoms with Crippen LogP contribution in [0.25, 0.3) is 0 Å². The topological polar surface area (TPSA) is 32.3 Å². The summed E-state index contributed by atoms with van der Waals surface area (Å²) in [5.41, 5.74) is 1.11. The molecule has 1 fully saturated rings. The van der Waals surface area contributed by atoms with Gasteiger partial charge < -0.3 is 10.4 Å². The maximum atomic E-state index is 12.7.